The smallest absolute Gasteiger partial charge is 0.328 e. The predicted octanol–water partition coefficient (Wildman–Crippen LogP) is 1.37. The van der Waals surface area contributed by atoms with E-state index in [1.165, 1.54) is 6.66 Å². The molecule has 0 amide bonds. The number of hydrogen-bond donors (Lipinski definition) is 2. The van der Waals surface area contributed by atoms with Crippen LogP contribution in [0.4, 0.5) is 0 Å². The first-order valence-electron chi connectivity index (χ1n) is 7.16. The van der Waals surface area contributed by atoms with Gasteiger partial charge in [0.1, 0.15) is 18.3 Å². The number of ether oxygens (including phenoxy) is 2. The van der Waals surface area contributed by atoms with E-state index in [0.29, 0.717) is 6.61 Å². The van der Waals surface area contributed by atoms with E-state index in [4.69, 9.17) is 18.5 Å². The maximum atomic E-state index is 12.3. The average Bonchev–Trinajstić information content (AvgIpc) is 2.32. The molecule has 5 atom stereocenters. The molecule has 2 N–H and O–H groups in total. The van der Waals surface area contributed by atoms with Crippen molar-refractivity contribution in [3.05, 3.63) is 0 Å². The molecule has 21 heavy (non-hydrogen) atoms. The zero-order chi connectivity index (χ0) is 16.2. The van der Waals surface area contributed by atoms with Crippen molar-refractivity contribution < 1.29 is 33.3 Å². The highest BCUT2D eigenvalue weighted by atomic mass is 31.2. The Bertz CT molecular complexity index is 360. The van der Waals surface area contributed by atoms with Crippen LogP contribution < -0.4 is 0 Å². The van der Waals surface area contributed by atoms with E-state index in [9.17, 15) is 14.8 Å². The monoisotopic (exact) mass is 326 g/mol. The molecular weight excluding hydrogens is 299 g/mol. The second-order valence-corrected chi connectivity index (χ2v) is 7.95. The molecule has 0 aromatic heterocycles. The Balaban J connectivity index is 2.76. The minimum absolute atomic E-state index is 0.0666. The molecule has 1 fully saturated rings. The first-order chi connectivity index (χ1) is 9.62. The van der Waals surface area contributed by atoms with Crippen LogP contribution in [0.15, 0.2) is 0 Å². The van der Waals surface area contributed by atoms with Gasteiger partial charge in [-0.05, 0) is 19.8 Å². The van der Waals surface area contributed by atoms with Gasteiger partial charge in [0.15, 0.2) is 6.29 Å². The van der Waals surface area contributed by atoms with Crippen molar-refractivity contribution in [3.63, 3.8) is 0 Å². The van der Waals surface area contributed by atoms with Crippen molar-refractivity contribution in [1.82, 2.24) is 0 Å². The summed E-state index contributed by atoms with van der Waals surface area (Å²) in [5.74, 6) is 0.263. The highest BCUT2D eigenvalue weighted by molar-refractivity contribution is 7.53. The van der Waals surface area contributed by atoms with Crippen molar-refractivity contribution in [1.29, 1.82) is 0 Å². The standard InChI is InChI=1S/C13H27O7P/c1-8(2)6-17-13-12(11(15)10(14)7-18-13)20-21(5,16)19-9(3)4/h8-15H,6-7H2,1-5H3. The maximum absolute atomic E-state index is 12.3. The summed E-state index contributed by atoms with van der Waals surface area (Å²) >= 11 is 0. The second-order valence-electron chi connectivity index (χ2n) is 5.98. The van der Waals surface area contributed by atoms with Crippen LogP contribution in [0, 0.1) is 5.92 Å². The zero-order valence-corrected chi connectivity index (χ0v) is 14.2. The first kappa shape index (κ1) is 19.0. The van der Waals surface area contributed by atoms with Gasteiger partial charge in [-0.3, -0.25) is 9.09 Å². The number of aliphatic hydroxyl groups excluding tert-OH is 2. The molecule has 1 rings (SSSR count). The molecule has 0 spiro atoms. The molecule has 8 heteroatoms. The van der Waals surface area contributed by atoms with Crippen molar-refractivity contribution in [2.24, 2.45) is 5.92 Å². The Labute approximate surface area is 126 Å². The summed E-state index contributed by atoms with van der Waals surface area (Å²) in [6, 6.07) is 0. The van der Waals surface area contributed by atoms with E-state index in [1.54, 1.807) is 13.8 Å². The van der Waals surface area contributed by atoms with Gasteiger partial charge in [0.05, 0.1) is 19.3 Å². The normalized spacial score (nSPS) is 33.4. The molecule has 0 aromatic carbocycles. The first-order valence-corrected chi connectivity index (χ1v) is 9.15. The van der Waals surface area contributed by atoms with Crippen LogP contribution in [0.1, 0.15) is 27.7 Å². The van der Waals surface area contributed by atoms with Crippen LogP contribution in [0.5, 0.6) is 0 Å². The van der Waals surface area contributed by atoms with E-state index in [1.807, 2.05) is 13.8 Å². The Morgan fingerprint density at radius 3 is 2.43 bits per heavy atom. The minimum Gasteiger partial charge on any atom is -0.388 e. The lowest BCUT2D eigenvalue weighted by Crippen LogP contribution is -2.54. The largest absolute Gasteiger partial charge is 0.388 e. The zero-order valence-electron chi connectivity index (χ0n) is 13.3. The molecule has 0 aromatic rings. The molecule has 1 aliphatic heterocycles. The number of rotatable bonds is 7. The molecule has 1 aliphatic rings. The predicted molar refractivity (Wildman–Crippen MR) is 77.2 cm³/mol. The maximum Gasteiger partial charge on any atom is 0.328 e. The quantitative estimate of drug-likeness (QED) is 0.682. The molecule has 0 bridgehead atoms. The van der Waals surface area contributed by atoms with Crippen molar-refractivity contribution in [2.45, 2.75) is 58.4 Å². The van der Waals surface area contributed by atoms with Gasteiger partial charge in [0.25, 0.3) is 0 Å². The van der Waals surface area contributed by atoms with Gasteiger partial charge in [-0.1, -0.05) is 13.8 Å². The van der Waals surface area contributed by atoms with Crippen LogP contribution in [0.2, 0.25) is 0 Å². The summed E-state index contributed by atoms with van der Waals surface area (Å²) in [5, 5.41) is 19.7. The van der Waals surface area contributed by atoms with Gasteiger partial charge >= 0.3 is 7.60 Å². The molecule has 5 unspecified atom stereocenters. The second kappa shape index (κ2) is 8.02. The van der Waals surface area contributed by atoms with Gasteiger partial charge in [-0.2, -0.15) is 0 Å². The van der Waals surface area contributed by atoms with Crippen LogP contribution in [-0.4, -0.2) is 60.8 Å². The summed E-state index contributed by atoms with van der Waals surface area (Å²) in [4.78, 5) is 0. The molecule has 0 aliphatic carbocycles. The molecule has 0 radical (unpaired) electrons. The lowest BCUT2D eigenvalue weighted by atomic mass is 10.1. The lowest BCUT2D eigenvalue weighted by Gasteiger charge is -2.38. The number of hydrogen-bond acceptors (Lipinski definition) is 7. The van der Waals surface area contributed by atoms with Gasteiger partial charge in [0.2, 0.25) is 0 Å². The molecule has 0 saturated carbocycles. The third-order valence-electron chi connectivity index (χ3n) is 2.74. The van der Waals surface area contributed by atoms with Crippen LogP contribution in [-0.2, 0) is 23.1 Å². The summed E-state index contributed by atoms with van der Waals surface area (Å²) in [6.45, 7) is 9.05. The van der Waals surface area contributed by atoms with Crippen molar-refractivity contribution in [3.8, 4) is 0 Å². The van der Waals surface area contributed by atoms with Gasteiger partial charge in [-0.25, -0.2) is 0 Å². The van der Waals surface area contributed by atoms with Crippen LogP contribution in [0.3, 0.4) is 0 Å². The lowest BCUT2D eigenvalue weighted by molar-refractivity contribution is -0.266. The Kier molecular flexibility index (Phi) is 7.27. The fraction of sp³-hybridized carbons (Fsp3) is 1.00. The van der Waals surface area contributed by atoms with Crippen molar-refractivity contribution in [2.75, 3.05) is 19.9 Å². The third kappa shape index (κ3) is 6.32. The van der Waals surface area contributed by atoms with E-state index < -0.39 is 32.2 Å². The Morgan fingerprint density at radius 1 is 1.29 bits per heavy atom. The van der Waals surface area contributed by atoms with Crippen molar-refractivity contribution >= 4 is 7.60 Å². The number of aliphatic hydroxyl groups is 2. The summed E-state index contributed by atoms with van der Waals surface area (Å²) in [7, 11) is -3.40. The topological polar surface area (TPSA) is 94.5 Å². The van der Waals surface area contributed by atoms with E-state index in [2.05, 4.69) is 0 Å². The molecule has 1 saturated heterocycles. The Hall–Kier alpha value is -0.0100. The molecular formula is C13H27O7P. The SMILES string of the molecule is CC(C)COC1OCC(O)C(O)C1OP(C)(=O)OC(C)C. The third-order valence-corrected chi connectivity index (χ3v) is 4.17. The fourth-order valence-electron chi connectivity index (χ4n) is 1.94. The van der Waals surface area contributed by atoms with Crippen LogP contribution in [0.25, 0.3) is 0 Å². The van der Waals surface area contributed by atoms with Gasteiger partial charge in [0, 0.05) is 6.66 Å². The fourth-order valence-corrected chi connectivity index (χ4v) is 3.42. The van der Waals surface area contributed by atoms with E-state index in [-0.39, 0.29) is 18.6 Å². The highest BCUT2D eigenvalue weighted by Gasteiger charge is 2.43. The minimum atomic E-state index is -3.40. The van der Waals surface area contributed by atoms with E-state index >= 15 is 0 Å². The van der Waals surface area contributed by atoms with E-state index in [0.717, 1.165) is 0 Å². The van der Waals surface area contributed by atoms with Crippen LogP contribution >= 0.6 is 7.60 Å². The average molecular weight is 326 g/mol. The van der Waals surface area contributed by atoms with Gasteiger partial charge < -0.3 is 24.2 Å². The molecule has 7 nitrogen and oxygen atoms in total. The summed E-state index contributed by atoms with van der Waals surface area (Å²) in [5.41, 5.74) is 0. The summed E-state index contributed by atoms with van der Waals surface area (Å²) in [6.07, 6.45) is -4.62. The van der Waals surface area contributed by atoms with Gasteiger partial charge in [-0.15, -0.1) is 0 Å². The Morgan fingerprint density at radius 2 is 1.90 bits per heavy atom. The summed E-state index contributed by atoms with van der Waals surface area (Å²) < 4.78 is 33.8. The highest BCUT2D eigenvalue weighted by Crippen LogP contribution is 2.48. The molecule has 126 valence electrons. The molecule has 1 heterocycles.